The van der Waals surface area contributed by atoms with Gasteiger partial charge in [0.05, 0.1) is 0 Å². The van der Waals surface area contributed by atoms with Crippen molar-refractivity contribution in [2.75, 3.05) is 6.54 Å². The second kappa shape index (κ2) is 9.79. The molecule has 0 radical (unpaired) electrons. The molecule has 0 spiro atoms. The second-order valence-corrected chi connectivity index (χ2v) is 3.62. The van der Waals surface area contributed by atoms with Gasteiger partial charge in [-0.25, -0.2) is 0 Å². The lowest BCUT2D eigenvalue weighted by Gasteiger charge is -2.16. The lowest BCUT2D eigenvalue weighted by Crippen LogP contribution is -2.28. The molecule has 0 aromatic carbocycles. The van der Waals surface area contributed by atoms with Crippen molar-refractivity contribution in [3.05, 3.63) is 12.7 Å². The Morgan fingerprint density at radius 1 is 1.23 bits per heavy atom. The largest absolute Gasteiger partial charge is 0.314 e. The van der Waals surface area contributed by atoms with E-state index in [9.17, 15) is 0 Å². The standard InChI is InChI=1S/C12H25N/c1-4-7-9-11-12(13-6-3)10-8-5-2/h5,12-13H,2,4,6-11H2,1,3H3. The summed E-state index contributed by atoms with van der Waals surface area (Å²) in [4.78, 5) is 0. The molecule has 0 bridgehead atoms. The quantitative estimate of drug-likeness (QED) is 0.426. The summed E-state index contributed by atoms with van der Waals surface area (Å²) >= 11 is 0. The molecule has 0 saturated heterocycles. The van der Waals surface area contributed by atoms with Crippen LogP contribution in [0.2, 0.25) is 0 Å². The Morgan fingerprint density at radius 2 is 2.00 bits per heavy atom. The molecule has 1 atom stereocenters. The summed E-state index contributed by atoms with van der Waals surface area (Å²) in [6.07, 6.45) is 9.80. The fourth-order valence-electron chi connectivity index (χ4n) is 1.60. The molecule has 0 aliphatic carbocycles. The summed E-state index contributed by atoms with van der Waals surface area (Å²) in [5.41, 5.74) is 0. The summed E-state index contributed by atoms with van der Waals surface area (Å²) in [5.74, 6) is 0. The molecule has 13 heavy (non-hydrogen) atoms. The van der Waals surface area contributed by atoms with E-state index in [1.807, 2.05) is 6.08 Å². The minimum atomic E-state index is 0.717. The van der Waals surface area contributed by atoms with Crippen molar-refractivity contribution in [3.63, 3.8) is 0 Å². The first-order chi connectivity index (χ1) is 6.35. The van der Waals surface area contributed by atoms with Gasteiger partial charge < -0.3 is 5.32 Å². The van der Waals surface area contributed by atoms with Crippen molar-refractivity contribution < 1.29 is 0 Å². The Morgan fingerprint density at radius 3 is 2.54 bits per heavy atom. The van der Waals surface area contributed by atoms with E-state index in [1.165, 1.54) is 32.1 Å². The van der Waals surface area contributed by atoms with Gasteiger partial charge in [-0.05, 0) is 25.8 Å². The van der Waals surface area contributed by atoms with E-state index < -0.39 is 0 Å². The molecule has 0 amide bonds. The Kier molecular flexibility index (Phi) is 9.56. The van der Waals surface area contributed by atoms with Crippen LogP contribution in [0.15, 0.2) is 12.7 Å². The van der Waals surface area contributed by atoms with Gasteiger partial charge in [0, 0.05) is 6.04 Å². The summed E-state index contributed by atoms with van der Waals surface area (Å²) in [7, 11) is 0. The van der Waals surface area contributed by atoms with Crippen molar-refractivity contribution in [2.45, 2.75) is 58.4 Å². The van der Waals surface area contributed by atoms with Crippen LogP contribution < -0.4 is 5.32 Å². The van der Waals surface area contributed by atoms with Crippen molar-refractivity contribution in [1.82, 2.24) is 5.32 Å². The lowest BCUT2D eigenvalue weighted by atomic mass is 10.0. The molecule has 78 valence electrons. The SMILES string of the molecule is C=CCCC(CCCCC)NCC. The van der Waals surface area contributed by atoms with Gasteiger partial charge in [0.25, 0.3) is 0 Å². The van der Waals surface area contributed by atoms with Gasteiger partial charge in [-0.15, -0.1) is 6.58 Å². The fourth-order valence-corrected chi connectivity index (χ4v) is 1.60. The molecule has 1 heteroatoms. The topological polar surface area (TPSA) is 12.0 Å². The number of allylic oxidation sites excluding steroid dienone is 1. The lowest BCUT2D eigenvalue weighted by molar-refractivity contribution is 0.447. The highest BCUT2D eigenvalue weighted by atomic mass is 14.9. The van der Waals surface area contributed by atoms with E-state index in [2.05, 4.69) is 25.7 Å². The molecule has 0 aromatic rings. The Bertz CT molecular complexity index is 110. The molecular formula is C12H25N. The minimum absolute atomic E-state index is 0.717. The van der Waals surface area contributed by atoms with Crippen LogP contribution in [0.4, 0.5) is 0 Å². The molecule has 0 aromatic heterocycles. The maximum atomic E-state index is 3.76. The van der Waals surface area contributed by atoms with Gasteiger partial charge in [-0.2, -0.15) is 0 Å². The average molecular weight is 183 g/mol. The van der Waals surface area contributed by atoms with Crippen molar-refractivity contribution in [3.8, 4) is 0 Å². The highest BCUT2D eigenvalue weighted by Gasteiger charge is 2.04. The third-order valence-corrected chi connectivity index (χ3v) is 2.37. The monoisotopic (exact) mass is 183 g/mol. The predicted octanol–water partition coefficient (Wildman–Crippen LogP) is 3.51. The molecule has 0 heterocycles. The first-order valence-corrected chi connectivity index (χ1v) is 5.69. The first-order valence-electron chi connectivity index (χ1n) is 5.69. The van der Waals surface area contributed by atoms with Crippen LogP contribution in [0.1, 0.15) is 52.4 Å². The third-order valence-electron chi connectivity index (χ3n) is 2.37. The molecule has 1 nitrogen and oxygen atoms in total. The Labute approximate surface area is 83.6 Å². The van der Waals surface area contributed by atoms with Crippen molar-refractivity contribution >= 4 is 0 Å². The van der Waals surface area contributed by atoms with Crippen molar-refractivity contribution in [1.29, 1.82) is 0 Å². The number of nitrogens with one attached hydrogen (secondary N) is 1. The van der Waals surface area contributed by atoms with Gasteiger partial charge in [0.1, 0.15) is 0 Å². The van der Waals surface area contributed by atoms with E-state index in [0.717, 1.165) is 19.0 Å². The normalized spacial score (nSPS) is 12.8. The number of rotatable bonds is 9. The number of unbranched alkanes of at least 4 members (excludes halogenated alkanes) is 2. The van der Waals surface area contributed by atoms with Crippen LogP contribution in [0, 0.1) is 0 Å². The maximum Gasteiger partial charge on any atom is 0.00698 e. The molecule has 1 N–H and O–H groups in total. The smallest absolute Gasteiger partial charge is 0.00698 e. The maximum absolute atomic E-state index is 3.76. The molecular weight excluding hydrogens is 158 g/mol. The van der Waals surface area contributed by atoms with Gasteiger partial charge >= 0.3 is 0 Å². The Balaban J connectivity index is 3.46. The van der Waals surface area contributed by atoms with E-state index in [0.29, 0.717) is 0 Å². The fraction of sp³-hybridized carbons (Fsp3) is 0.833. The number of hydrogen-bond donors (Lipinski definition) is 1. The van der Waals surface area contributed by atoms with Crippen LogP contribution in [0.25, 0.3) is 0 Å². The highest BCUT2D eigenvalue weighted by molar-refractivity contribution is 4.73. The van der Waals surface area contributed by atoms with Crippen molar-refractivity contribution in [2.24, 2.45) is 0 Å². The van der Waals surface area contributed by atoms with Crippen LogP contribution in [0.3, 0.4) is 0 Å². The average Bonchev–Trinajstić information content (AvgIpc) is 2.14. The third kappa shape index (κ3) is 8.04. The highest BCUT2D eigenvalue weighted by Crippen LogP contribution is 2.08. The van der Waals surface area contributed by atoms with Crippen LogP contribution in [-0.2, 0) is 0 Å². The van der Waals surface area contributed by atoms with Gasteiger partial charge in [-0.1, -0.05) is 39.2 Å². The molecule has 0 saturated carbocycles. The summed E-state index contributed by atoms with van der Waals surface area (Å²) in [5, 5.41) is 3.53. The minimum Gasteiger partial charge on any atom is -0.314 e. The summed E-state index contributed by atoms with van der Waals surface area (Å²) in [6.45, 7) is 9.29. The van der Waals surface area contributed by atoms with Gasteiger partial charge in [0.15, 0.2) is 0 Å². The van der Waals surface area contributed by atoms with Crippen LogP contribution >= 0.6 is 0 Å². The summed E-state index contributed by atoms with van der Waals surface area (Å²) < 4.78 is 0. The van der Waals surface area contributed by atoms with Crippen LogP contribution in [0.5, 0.6) is 0 Å². The second-order valence-electron chi connectivity index (χ2n) is 3.62. The van der Waals surface area contributed by atoms with E-state index in [1.54, 1.807) is 0 Å². The number of hydrogen-bond acceptors (Lipinski definition) is 1. The molecule has 0 fully saturated rings. The zero-order chi connectivity index (χ0) is 9.94. The molecule has 1 unspecified atom stereocenters. The van der Waals surface area contributed by atoms with E-state index in [-0.39, 0.29) is 0 Å². The van der Waals surface area contributed by atoms with E-state index in [4.69, 9.17) is 0 Å². The zero-order valence-corrected chi connectivity index (χ0v) is 9.31. The first kappa shape index (κ1) is 12.7. The molecule has 0 rings (SSSR count). The van der Waals surface area contributed by atoms with E-state index >= 15 is 0 Å². The molecule has 0 aliphatic rings. The predicted molar refractivity (Wildman–Crippen MR) is 61.0 cm³/mol. The Hall–Kier alpha value is -0.300. The van der Waals surface area contributed by atoms with Gasteiger partial charge in [0.2, 0.25) is 0 Å². The van der Waals surface area contributed by atoms with Gasteiger partial charge in [-0.3, -0.25) is 0 Å². The van der Waals surface area contributed by atoms with Crippen LogP contribution in [-0.4, -0.2) is 12.6 Å². The summed E-state index contributed by atoms with van der Waals surface area (Å²) in [6, 6.07) is 0.717. The molecule has 0 aliphatic heterocycles. The zero-order valence-electron chi connectivity index (χ0n) is 9.31.